The van der Waals surface area contributed by atoms with Crippen molar-refractivity contribution in [2.24, 2.45) is 0 Å². The van der Waals surface area contributed by atoms with Crippen molar-refractivity contribution in [2.45, 2.75) is 6.04 Å². The highest BCUT2D eigenvalue weighted by Gasteiger charge is 2.28. The minimum Gasteiger partial charge on any atom is -0.378 e. The van der Waals surface area contributed by atoms with Crippen molar-refractivity contribution in [3.05, 3.63) is 29.3 Å². The molecule has 2 saturated heterocycles. The lowest BCUT2D eigenvalue weighted by Crippen LogP contribution is -2.57. The molecule has 1 unspecified atom stereocenters. The number of amides is 1. The molecule has 0 saturated carbocycles. The van der Waals surface area contributed by atoms with Gasteiger partial charge in [-0.05, 0) is 18.2 Å². The van der Waals surface area contributed by atoms with Crippen LogP contribution in [0.4, 0.5) is 5.69 Å². The monoisotopic (exact) mass is 345 g/mol. The number of nitrogens with one attached hydrogen (secondary N) is 1. The van der Waals surface area contributed by atoms with Crippen LogP contribution < -0.4 is 10.2 Å². The molecule has 0 radical (unpaired) electrons. The molecule has 0 spiro atoms. The van der Waals surface area contributed by atoms with Crippen molar-refractivity contribution in [2.75, 3.05) is 50.8 Å². The quantitative estimate of drug-likeness (QED) is 0.879. The summed E-state index contributed by atoms with van der Waals surface area (Å²) in [5, 5.41) is 3.96. The summed E-state index contributed by atoms with van der Waals surface area (Å²) in [5.74, 6) is 0.153. The molecule has 0 aromatic heterocycles. The largest absolute Gasteiger partial charge is 0.378 e. The van der Waals surface area contributed by atoms with Crippen LogP contribution in [-0.2, 0) is 9.53 Å². The van der Waals surface area contributed by atoms with Crippen LogP contribution in [0, 0.1) is 0 Å². The molecule has 1 N–H and O–H groups in total. The molecule has 3 rings (SSSR count). The van der Waals surface area contributed by atoms with Crippen molar-refractivity contribution in [1.29, 1.82) is 0 Å². The van der Waals surface area contributed by atoms with Crippen LogP contribution in [-0.4, -0.2) is 62.8 Å². The second kappa shape index (κ2) is 8.02. The van der Waals surface area contributed by atoms with Crippen LogP contribution in [0.3, 0.4) is 0 Å². The number of hydrogen-bond donors (Lipinski definition) is 1. The maximum Gasteiger partial charge on any atom is 0.242 e. The summed E-state index contributed by atoms with van der Waals surface area (Å²) in [6.45, 7) is 5.06. The summed E-state index contributed by atoms with van der Waals surface area (Å²) in [7, 11) is 0. The molecular formula is C15H21Cl2N3O2. The predicted octanol–water partition coefficient (Wildman–Crippen LogP) is 1.40. The van der Waals surface area contributed by atoms with Crippen LogP contribution in [0.2, 0.25) is 5.02 Å². The Hall–Kier alpha value is -1.01. The maximum atomic E-state index is 12.4. The number of anilines is 1. The van der Waals surface area contributed by atoms with E-state index in [0.29, 0.717) is 13.2 Å². The highest BCUT2D eigenvalue weighted by Crippen LogP contribution is 2.21. The Morgan fingerprint density at radius 3 is 2.68 bits per heavy atom. The van der Waals surface area contributed by atoms with Crippen molar-refractivity contribution < 1.29 is 9.53 Å². The zero-order valence-electron chi connectivity index (χ0n) is 12.3. The van der Waals surface area contributed by atoms with E-state index < -0.39 is 0 Å². The zero-order valence-corrected chi connectivity index (χ0v) is 13.9. The fourth-order valence-electron chi connectivity index (χ4n) is 2.80. The first-order valence-corrected chi connectivity index (χ1v) is 7.72. The van der Waals surface area contributed by atoms with Crippen LogP contribution in [0.25, 0.3) is 0 Å². The summed E-state index contributed by atoms with van der Waals surface area (Å²) in [5.41, 5.74) is 1.12. The second-order valence-electron chi connectivity index (χ2n) is 5.37. The van der Waals surface area contributed by atoms with E-state index >= 15 is 0 Å². The zero-order chi connectivity index (χ0) is 14.7. The molecule has 0 bridgehead atoms. The molecule has 7 heteroatoms. The average molecular weight is 346 g/mol. The van der Waals surface area contributed by atoms with Gasteiger partial charge in [0.25, 0.3) is 0 Å². The summed E-state index contributed by atoms with van der Waals surface area (Å²) >= 11 is 6.03. The number of benzene rings is 1. The molecule has 2 fully saturated rings. The summed E-state index contributed by atoms with van der Waals surface area (Å²) in [6, 6.07) is 7.67. The number of carbonyl (C=O) groups excluding carboxylic acids is 1. The number of rotatable bonds is 2. The van der Waals surface area contributed by atoms with E-state index in [1.165, 1.54) is 0 Å². The van der Waals surface area contributed by atoms with Gasteiger partial charge in [-0.3, -0.25) is 4.79 Å². The van der Waals surface area contributed by atoms with E-state index in [1.54, 1.807) is 0 Å². The van der Waals surface area contributed by atoms with Gasteiger partial charge in [0.2, 0.25) is 5.91 Å². The van der Waals surface area contributed by atoms with E-state index in [2.05, 4.69) is 16.3 Å². The lowest BCUT2D eigenvalue weighted by atomic mass is 10.2. The smallest absolute Gasteiger partial charge is 0.242 e. The van der Waals surface area contributed by atoms with Gasteiger partial charge >= 0.3 is 0 Å². The molecule has 1 atom stereocenters. The van der Waals surface area contributed by atoms with Gasteiger partial charge in [-0.25, -0.2) is 0 Å². The molecule has 2 aliphatic rings. The van der Waals surface area contributed by atoms with Crippen molar-refractivity contribution >= 4 is 35.6 Å². The number of nitrogens with zero attached hydrogens (tertiary/aromatic N) is 2. The van der Waals surface area contributed by atoms with Gasteiger partial charge in [0.05, 0.1) is 13.2 Å². The average Bonchev–Trinajstić information content (AvgIpc) is 2.55. The fraction of sp³-hybridized carbons (Fsp3) is 0.533. The summed E-state index contributed by atoms with van der Waals surface area (Å²) < 4.78 is 5.36. The Balaban J connectivity index is 0.00000176. The molecule has 122 valence electrons. The second-order valence-corrected chi connectivity index (χ2v) is 5.81. The molecule has 1 amide bonds. The van der Waals surface area contributed by atoms with E-state index in [4.69, 9.17) is 16.3 Å². The topological polar surface area (TPSA) is 44.8 Å². The van der Waals surface area contributed by atoms with Gasteiger partial charge in [-0.2, -0.15) is 0 Å². The van der Waals surface area contributed by atoms with Gasteiger partial charge < -0.3 is 19.9 Å². The first-order chi connectivity index (χ1) is 10.2. The Morgan fingerprint density at radius 2 is 2.05 bits per heavy atom. The normalized spacial score (nSPS) is 22.1. The maximum absolute atomic E-state index is 12.4. The number of halogens is 2. The standard InChI is InChI=1S/C15H20ClN3O2.ClH/c16-12-2-1-3-13(10-12)18-5-7-19(8-6-18)15(20)14-11-21-9-4-17-14;/h1-3,10,14,17H,4-9,11H2;1H. The summed E-state index contributed by atoms with van der Waals surface area (Å²) in [6.07, 6.45) is 0. The van der Waals surface area contributed by atoms with Crippen LogP contribution in [0.1, 0.15) is 0 Å². The van der Waals surface area contributed by atoms with Gasteiger partial charge in [-0.1, -0.05) is 17.7 Å². The first-order valence-electron chi connectivity index (χ1n) is 7.34. The minimum atomic E-state index is -0.184. The van der Waals surface area contributed by atoms with E-state index in [1.807, 2.05) is 23.1 Å². The predicted molar refractivity (Wildman–Crippen MR) is 90.1 cm³/mol. The Labute approximate surface area is 142 Å². The van der Waals surface area contributed by atoms with Gasteiger partial charge in [-0.15, -0.1) is 12.4 Å². The van der Waals surface area contributed by atoms with Gasteiger partial charge in [0.15, 0.2) is 0 Å². The molecule has 5 nitrogen and oxygen atoms in total. The molecule has 22 heavy (non-hydrogen) atoms. The van der Waals surface area contributed by atoms with Crippen LogP contribution in [0.15, 0.2) is 24.3 Å². The molecule has 0 aliphatic carbocycles. The number of hydrogen-bond acceptors (Lipinski definition) is 4. The third-order valence-corrected chi connectivity index (χ3v) is 4.22. The number of morpholine rings is 1. The van der Waals surface area contributed by atoms with E-state index in [0.717, 1.165) is 43.4 Å². The van der Waals surface area contributed by atoms with E-state index in [-0.39, 0.29) is 24.4 Å². The van der Waals surface area contributed by atoms with Crippen LogP contribution >= 0.6 is 24.0 Å². The molecule has 2 aliphatic heterocycles. The Bertz CT molecular complexity index is 501. The number of piperazine rings is 1. The SMILES string of the molecule is Cl.O=C(C1COCCN1)N1CCN(c2cccc(Cl)c2)CC1. The summed E-state index contributed by atoms with van der Waals surface area (Å²) in [4.78, 5) is 16.6. The molecule has 2 heterocycles. The first kappa shape index (κ1) is 17.3. The lowest BCUT2D eigenvalue weighted by molar-refractivity contribution is -0.136. The molecule has 1 aromatic rings. The third-order valence-electron chi connectivity index (χ3n) is 3.98. The molecular weight excluding hydrogens is 325 g/mol. The third kappa shape index (κ3) is 4.04. The van der Waals surface area contributed by atoms with Gasteiger partial charge in [0, 0.05) is 43.4 Å². The lowest BCUT2D eigenvalue weighted by Gasteiger charge is -2.38. The Morgan fingerprint density at radius 1 is 1.27 bits per heavy atom. The number of carbonyl (C=O) groups is 1. The Kier molecular flexibility index (Phi) is 6.32. The van der Waals surface area contributed by atoms with Crippen LogP contribution in [0.5, 0.6) is 0 Å². The fourth-order valence-corrected chi connectivity index (χ4v) is 2.99. The van der Waals surface area contributed by atoms with E-state index in [9.17, 15) is 4.79 Å². The highest BCUT2D eigenvalue weighted by molar-refractivity contribution is 6.30. The van der Waals surface area contributed by atoms with Crippen molar-refractivity contribution in [3.63, 3.8) is 0 Å². The van der Waals surface area contributed by atoms with Crippen molar-refractivity contribution in [3.8, 4) is 0 Å². The molecule has 1 aromatic carbocycles. The number of ether oxygens (including phenoxy) is 1. The van der Waals surface area contributed by atoms with Gasteiger partial charge in [0.1, 0.15) is 6.04 Å². The highest BCUT2D eigenvalue weighted by atomic mass is 35.5. The van der Waals surface area contributed by atoms with Crippen molar-refractivity contribution in [1.82, 2.24) is 10.2 Å². The minimum absolute atomic E-state index is 0.